The SMILES string of the molecule is CCCNC(CC1CN(C)CCN1C)c1ccncc1F. The van der Waals surface area contributed by atoms with Crippen molar-refractivity contribution in [3.05, 3.63) is 29.8 Å². The third-order valence-corrected chi connectivity index (χ3v) is 4.31. The molecule has 2 unspecified atom stereocenters. The zero-order valence-electron chi connectivity index (χ0n) is 13.3. The third kappa shape index (κ3) is 4.46. The zero-order valence-corrected chi connectivity index (χ0v) is 13.3. The third-order valence-electron chi connectivity index (χ3n) is 4.31. The van der Waals surface area contributed by atoms with Crippen LogP contribution in [0, 0.1) is 5.82 Å². The number of hydrogen-bond acceptors (Lipinski definition) is 4. The highest BCUT2D eigenvalue weighted by Crippen LogP contribution is 2.24. The van der Waals surface area contributed by atoms with Crippen LogP contribution in [0.15, 0.2) is 18.5 Å². The minimum atomic E-state index is -0.210. The first-order valence-corrected chi connectivity index (χ1v) is 7.83. The van der Waals surface area contributed by atoms with Gasteiger partial charge in [-0.3, -0.25) is 4.98 Å². The molecule has 0 radical (unpaired) electrons. The molecule has 1 aromatic heterocycles. The van der Waals surface area contributed by atoms with Crippen LogP contribution in [0.5, 0.6) is 0 Å². The molecular formula is C16H27FN4. The van der Waals surface area contributed by atoms with Crippen molar-refractivity contribution >= 4 is 0 Å². The first kappa shape index (κ1) is 16.3. The smallest absolute Gasteiger partial charge is 0.146 e. The van der Waals surface area contributed by atoms with Crippen molar-refractivity contribution in [2.24, 2.45) is 0 Å². The van der Waals surface area contributed by atoms with E-state index in [1.165, 1.54) is 6.20 Å². The quantitative estimate of drug-likeness (QED) is 0.868. The second-order valence-electron chi connectivity index (χ2n) is 6.04. The minimum Gasteiger partial charge on any atom is -0.310 e. The molecule has 1 aliphatic rings. The lowest BCUT2D eigenvalue weighted by atomic mass is 9.97. The van der Waals surface area contributed by atoms with E-state index >= 15 is 0 Å². The van der Waals surface area contributed by atoms with Gasteiger partial charge in [0.25, 0.3) is 0 Å². The van der Waals surface area contributed by atoms with Gasteiger partial charge in [0.1, 0.15) is 5.82 Å². The number of rotatable bonds is 6. The highest BCUT2D eigenvalue weighted by molar-refractivity contribution is 5.18. The summed E-state index contributed by atoms with van der Waals surface area (Å²) in [7, 11) is 4.32. The second kappa shape index (κ2) is 7.82. The normalized spacial score (nSPS) is 22.4. The van der Waals surface area contributed by atoms with E-state index in [0.717, 1.165) is 44.6 Å². The van der Waals surface area contributed by atoms with Gasteiger partial charge in [-0.1, -0.05) is 6.92 Å². The summed E-state index contributed by atoms with van der Waals surface area (Å²) in [6.07, 6.45) is 4.95. The van der Waals surface area contributed by atoms with E-state index in [0.29, 0.717) is 6.04 Å². The van der Waals surface area contributed by atoms with Crippen LogP contribution in [-0.4, -0.2) is 61.1 Å². The van der Waals surface area contributed by atoms with Gasteiger partial charge in [0, 0.05) is 43.5 Å². The Labute approximate surface area is 127 Å². The van der Waals surface area contributed by atoms with Crippen LogP contribution in [-0.2, 0) is 0 Å². The number of hydrogen-bond donors (Lipinski definition) is 1. The lowest BCUT2D eigenvalue weighted by Gasteiger charge is -2.39. The molecule has 0 bridgehead atoms. The number of likely N-dealkylation sites (N-methyl/N-ethyl adjacent to an activating group) is 2. The Balaban J connectivity index is 2.10. The monoisotopic (exact) mass is 294 g/mol. The molecule has 0 amide bonds. The second-order valence-corrected chi connectivity index (χ2v) is 6.04. The summed E-state index contributed by atoms with van der Waals surface area (Å²) in [6.45, 7) is 6.24. The van der Waals surface area contributed by atoms with Gasteiger partial charge in [0.2, 0.25) is 0 Å². The van der Waals surface area contributed by atoms with Crippen molar-refractivity contribution in [2.75, 3.05) is 40.3 Å². The van der Waals surface area contributed by atoms with E-state index in [9.17, 15) is 4.39 Å². The number of aromatic nitrogens is 1. The van der Waals surface area contributed by atoms with Crippen molar-refractivity contribution in [1.29, 1.82) is 0 Å². The molecular weight excluding hydrogens is 267 g/mol. The van der Waals surface area contributed by atoms with Gasteiger partial charge in [0.05, 0.1) is 6.20 Å². The van der Waals surface area contributed by atoms with E-state index in [4.69, 9.17) is 0 Å². The predicted octanol–water partition coefficient (Wildman–Crippen LogP) is 1.90. The summed E-state index contributed by atoms with van der Waals surface area (Å²) in [4.78, 5) is 8.60. The van der Waals surface area contributed by atoms with E-state index in [1.807, 2.05) is 0 Å². The molecule has 0 saturated carbocycles. The highest BCUT2D eigenvalue weighted by Gasteiger charge is 2.26. The van der Waals surface area contributed by atoms with Gasteiger partial charge in [-0.05, 0) is 39.5 Å². The molecule has 1 aromatic rings. The maximum Gasteiger partial charge on any atom is 0.146 e. The van der Waals surface area contributed by atoms with Crippen LogP contribution in [0.4, 0.5) is 4.39 Å². The molecule has 2 heterocycles. The first-order chi connectivity index (χ1) is 10.1. The molecule has 0 aliphatic carbocycles. The Hall–Kier alpha value is -1.04. The van der Waals surface area contributed by atoms with Crippen molar-refractivity contribution in [3.8, 4) is 0 Å². The molecule has 1 N–H and O–H groups in total. The Morgan fingerprint density at radius 1 is 1.43 bits per heavy atom. The summed E-state index contributed by atoms with van der Waals surface area (Å²) in [5.41, 5.74) is 0.736. The van der Waals surface area contributed by atoms with Gasteiger partial charge in [-0.2, -0.15) is 0 Å². The molecule has 21 heavy (non-hydrogen) atoms. The van der Waals surface area contributed by atoms with Gasteiger partial charge < -0.3 is 15.1 Å². The van der Waals surface area contributed by atoms with Crippen molar-refractivity contribution in [3.63, 3.8) is 0 Å². The van der Waals surface area contributed by atoms with E-state index in [1.54, 1.807) is 12.3 Å². The Kier molecular flexibility index (Phi) is 6.08. The first-order valence-electron chi connectivity index (χ1n) is 7.83. The standard InChI is InChI=1S/C16H27FN4/c1-4-6-19-16(14-5-7-18-11-15(14)17)10-13-12-20(2)8-9-21(13)3/h5,7,11,13,16,19H,4,6,8-10,12H2,1-3H3. The fourth-order valence-corrected chi connectivity index (χ4v) is 2.94. The van der Waals surface area contributed by atoms with Gasteiger partial charge in [0.15, 0.2) is 0 Å². The fraction of sp³-hybridized carbons (Fsp3) is 0.688. The van der Waals surface area contributed by atoms with Crippen LogP contribution in [0.3, 0.4) is 0 Å². The average Bonchev–Trinajstić information content (AvgIpc) is 2.48. The van der Waals surface area contributed by atoms with Crippen LogP contribution < -0.4 is 5.32 Å². The van der Waals surface area contributed by atoms with Crippen LogP contribution in [0.1, 0.15) is 31.4 Å². The predicted molar refractivity (Wildman–Crippen MR) is 83.8 cm³/mol. The van der Waals surface area contributed by atoms with Crippen LogP contribution >= 0.6 is 0 Å². The number of nitrogens with one attached hydrogen (secondary N) is 1. The van der Waals surface area contributed by atoms with Crippen molar-refractivity contribution in [2.45, 2.75) is 31.8 Å². The van der Waals surface area contributed by atoms with Gasteiger partial charge in [-0.25, -0.2) is 4.39 Å². The fourth-order valence-electron chi connectivity index (χ4n) is 2.94. The van der Waals surface area contributed by atoms with Crippen LogP contribution in [0.2, 0.25) is 0 Å². The highest BCUT2D eigenvalue weighted by atomic mass is 19.1. The maximum atomic E-state index is 14.1. The maximum absolute atomic E-state index is 14.1. The zero-order chi connectivity index (χ0) is 15.2. The molecule has 1 saturated heterocycles. The molecule has 118 valence electrons. The summed E-state index contributed by atoms with van der Waals surface area (Å²) in [6, 6.07) is 2.30. The molecule has 1 fully saturated rings. The molecule has 5 heteroatoms. The topological polar surface area (TPSA) is 31.4 Å². The lowest BCUT2D eigenvalue weighted by molar-refractivity contribution is 0.101. The van der Waals surface area contributed by atoms with Gasteiger partial charge >= 0.3 is 0 Å². The lowest BCUT2D eigenvalue weighted by Crippen LogP contribution is -2.51. The van der Waals surface area contributed by atoms with Crippen LogP contribution in [0.25, 0.3) is 0 Å². The Morgan fingerprint density at radius 2 is 2.24 bits per heavy atom. The van der Waals surface area contributed by atoms with E-state index < -0.39 is 0 Å². The number of piperazine rings is 1. The van der Waals surface area contributed by atoms with Crippen molar-refractivity contribution in [1.82, 2.24) is 20.1 Å². The molecule has 0 aromatic carbocycles. The summed E-state index contributed by atoms with van der Waals surface area (Å²) < 4.78 is 14.1. The number of nitrogens with zero attached hydrogens (tertiary/aromatic N) is 3. The molecule has 4 nitrogen and oxygen atoms in total. The van der Waals surface area contributed by atoms with Crippen molar-refractivity contribution < 1.29 is 4.39 Å². The Bertz CT molecular complexity index is 440. The largest absolute Gasteiger partial charge is 0.310 e. The van der Waals surface area contributed by atoms with Gasteiger partial charge in [-0.15, -0.1) is 0 Å². The van der Waals surface area contributed by atoms with E-state index in [2.05, 4.69) is 41.1 Å². The summed E-state index contributed by atoms with van der Waals surface area (Å²) in [5.74, 6) is -0.210. The summed E-state index contributed by atoms with van der Waals surface area (Å²) >= 11 is 0. The number of pyridine rings is 1. The molecule has 1 aliphatic heterocycles. The summed E-state index contributed by atoms with van der Waals surface area (Å²) in [5, 5.41) is 3.50. The molecule has 0 spiro atoms. The Morgan fingerprint density at radius 3 is 2.95 bits per heavy atom. The average molecular weight is 294 g/mol. The minimum absolute atomic E-state index is 0.0481. The molecule has 2 atom stereocenters. The molecule has 2 rings (SSSR count). The number of halogens is 1. The van der Waals surface area contributed by atoms with E-state index in [-0.39, 0.29) is 11.9 Å².